The van der Waals surface area contributed by atoms with Crippen molar-refractivity contribution in [3.05, 3.63) is 59.7 Å². The summed E-state index contributed by atoms with van der Waals surface area (Å²) < 4.78 is 19.6. The van der Waals surface area contributed by atoms with Gasteiger partial charge >= 0.3 is 0 Å². The summed E-state index contributed by atoms with van der Waals surface area (Å²) in [7, 11) is 0. The SMILES string of the molecule is CC(C)NCc1cccc(F)c1OCCc1ccncc1. The van der Waals surface area contributed by atoms with Crippen LogP contribution in [0.5, 0.6) is 5.75 Å². The van der Waals surface area contributed by atoms with Gasteiger partial charge in [-0.05, 0) is 23.8 Å². The summed E-state index contributed by atoms with van der Waals surface area (Å²) in [6.45, 7) is 5.16. The highest BCUT2D eigenvalue weighted by Gasteiger charge is 2.10. The first kappa shape index (κ1) is 15.4. The zero-order chi connectivity index (χ0) is 15.1. The lowest BCUT2D eigenvalue weighted by Gasteiger charge is -2.14. The first-order chi connectivity index (χ1) is 10.2. The second-order valence-corrected chi connectivity index (χ2v) is 5.22. The van der Waals surface area contributed by atoms with Crippen LogP contribution >= 0.6 is 0 Å². The third kappa shape index (κ3) is 4.83. The van der Waals surface area contributed by atoms with Crippen LogP contribution in [0.4, 0.5) is 4.39 Å². The normalized spacial score (nSPS) is 10.9. The maximum Gasteiger partial charge on any atom is 0.165 e. The summed E-state index contributed by atoms with van der Waals surface area (Å²) in [5.74, 6) is 0.0347. The number of nitrogens with zero attached hydrogens (tertiary/aromatic N) is 1. The predicted molar refractivity (Wildman–Crippen MR) is 81.8 cm³/mol. The fourth-order valence-electron chi connectivity index (χ4n) is 1.99. The second-order valence-electron chi connectivity index (χ2n) is 5.22. The molecule has 0 amide bonds. The molecular weight excluding hydrogens is 267 g/mol. The van der Waals surface area contributed by atoms with Gasteiger partial charge in [0, 0.05) is 37.0 Å². The third-order valence-electron chi connectivity index (χ3n) is 3.14. The average molecular weight is 288 g/mol. The monoisotopic (exact) mass is 288 g/mol. The maximum atomic E-state index is 13.9. The number of aromatic nitrogens is 1. The maximum absolute atomic E-state index is 13.9. The first-order valence-corrected chi connectivity index (χ1v) is 7.19. The fourth-order valence-corrected chi connectivity index (χ4v) is 1.99. The molecular formula is C17H21FN2O. The number of nitrogens with one attached hydrogen (secondary N) is 1. The van der Waals surface area contributed by atoms with Crippen LogP contribution in [0.25, 0.3) is 0 Å². The molecule has 0 aliphatic heterocycles. The average Bonchev–Trinajstić information content (AvgIpc) is 2.48. The standard InChI is InChI=1S/C17H21FN2O/c1-13(2)20-12-15-4-3-5-16(18)17(15)21-11-8-14-6-9-19-10-7-14/h3-7,9-10,13,20H,8,11-12H2,1-2H3. The lowest BCUT2D eigenvalue weighted by atomic mass is 10.1. The molecule has 2 aromatic rings. The topological polar surface area (TPSA) is 34.1 Å². The summed E-state index contributed by atoms with van der Waals surface area (Å²) in [5, 5.41) is 3.28. The molecule has 0 unspecified atom stereocenters. The van der Waals surface area contributed by atoms with E-state index in [9.17, 15) is 4.39 Å². The zero-order valence-corrected chi connectivity index (χ0v) is 12.5. The molecule has 1 aromatic carbocycles. The van der Waals surface area contributed by atoms with Crippen LogP contribution in [0, 0.1) is 5.82 Å². The van der Waals surface area contributed by atoms with Crippen molar-refractivity contribution >= 4 is 0 Å². The van der Waals surface area contributed by atoms with Gasteiger partial charge in [-0.2, -0.15) is 0 Å². The van der Waals surface area contributed by atoms with E-state index in [1.165, 1.54) is 6.07 Å². The Morgan fingerprint density at radius 3 is 2.67 bits per heavy atom. The number of pyridine rings is 1. The number of hydrogen-bond acceptors (Lipinski definition) is 3. The van der Waals surface area contributed by atoms with Crippen LogP contribution in [0.1, 0.15) is 25.0 Å². The highest BCUT2D eigenvalue weighted by Crippen LogP contribution is 2.23. The Kier molecular flexibility index (Phi) is 5.69. The molecule has 0 aliphatic rings. The van der Waals surface area contributed by atoms with E-state index in [1.54, 1.807) is 18.5 Å². The second kappa shape index (κ2) is 7.74. The highest BCUT2D eigenvalue weighted by atomic mass is 19.1. The minimum absolute atomic E-state index is 0.312. The number of para-hydroxylation sites is 1. The summed E-state index contributed by atoms with van der Waals surface area (Å²) in [4.78, 5) is 3.97. The first-order valence-electron chi connectivity index (χ1n) is 7.19. The largest absolute Gasteiger partial charge is 0.490 e. The molecule has 1 heterocycles. The van der Waals surface area contributed by atoms with Gasteiger partial charge in [-0.15, -0.1) is 0 Å². The van der Waals surface area contributed by atoms with E-state index < -0.39 is 0 Å². The van der Waals surface area contributed by atoms with Crippen molar-refractivity contribution in [3.8, 4) is 5.75 Å². The van der Waals surface area contributed by atoms with Gasteiger partial charge in [0.25, 0.3) is 0 Å². The molecule has 0 aliphatic carbocycles. The van der Waals surface area contributed by atoms with Crippen LogP contribution in [0.3, 0.4) is 0 Å². The van der Waals surface area contributed by atoms with Crippen molar-refractivity contribution in [2.75, 3.05) is 6.61 Å². The van der Waals surface area contributed by atoms with Crippen LogP contribution < -0.4 is 10.1 Å². The quantitative estimate of drug-likeness (QED) is 0.848. The van der Waals surface area contributed by atoms with Gasteiger partial charge in [0.05, 0.1) is 6.61 Å². The minimum Gasteiger partial charge on any atom is -0.490 e. The van der Waals surface area contributed by atoms with Gasteiger partial charge in [0.1, 0.15) is 0 Å². The van der Waals surface area contributed by atoms with E-state index in [0.29, 0.717) is 24.9 Å². The molecule has 4 heteroatoms. The van der Waals surface area contributed by atoms with E-state index in [0.717, 1.165) is 17.5 Å². The lowest BCUT2D eigenvalue weighted by Crippen LogP contribution is -2.22. The molecule has 0 saturated heterocycles. The Bertz CT molecular complexity index is 558. The van der Waals surface area contributed by atoms with Crippen LogP contribution in [-0.2, 0) is 13.0 Å². The number of rotatable bonds is 7. The number of hydrogen-bond donors (Lipinski definition) is 1. The van der Waals surface area contributed by atoms with E-state index in [4.69, 9.17) is 4.74 Å². The van der Waals surface area contributed by atoms with Crippen molar-refractivity contribution in [3.63, 3.8) is 0 Å². The van der Waals surface area contributed by atoms with E-state index in [1.807, 2.05) is 18.2 Å². The van der Waals surface area contributed by atoms with Gasteiger partial charge < -0.3 is 10.1 Å². The Morgan fingerprint density at radius 2 is 1.95 bits per heavy atom. The summed E-state index contributed by atoms with van der Waals surface area (Å²) in [6, 6.07) is 9.25. The van der Waals surface area contributed by atoms with Crippen molar-refractivity contribution in [1.82, 2.24) is 10.3 Å². The van der Waals surface area contributed by atoms with Crippen molar-refractivity contribution in [2.24, 2.45) is 0 Å². The number of benzene rings is 1. The zero-order valence-electron chi connectivity index (χ0n) is 12.5. The summed E-state index contributed by atoms with van der Waals surface area (Å²) in [5.41, 5.74) is 1.97. The fraction of sp³-hybridized carbons (Fsp3) is 0.353. The Labute approximate surface area is 125 Å². The molecule has 112 valence electrons. The van der Waals surface area contributed by atoms with E-state index >= 15 is 0 Å². The van der Waals surface area contributed by atoms with E-state index in [2.05, 4.69) is 24.1 Å². The third-order valence-corrected chi connectivity index (χ3v) is 3.14. The molecule has 0 saturated carbocycles. The molecule has 1 N–H and O–H groups in total. The number of halogens is 1. The summed E-state index contributed by atoms with van der Waals surface area (Å²) >= 11 is 0. The van der Waals surface area contributed by atoms with Crippen LogP contribution in [0.15, 0.2) is 42.7 Å². The van der Waals surface area contributed by atoms with Gasteiger partial charge in [-0.1, -0.05) is 26.0 Å². The molecule has 0 spiro atoms. The molecule has 21 heavy (non-hydrogen) atoms. The summed E-state index contributed by atoms with van der Waals surface area (Å²) in [6.07, 6.45) is 4.22. The van der Waals surface area contributed by atoms with Crippen molar-refractivity contribution < 1.29 is 9.13 Å². The molecule has 0 radical (unpaired) electrons. The van der Waals surface area contributed by atoms with Crippen molar-refractivity contribution in [2.45, 2.75) is 32.9 Å². The Hall–Kier alpha value is -1.94. The minimum atomic E-state index is -0.312. The van der Waals surface area contributed by atoms with Crippen molar-refractivity contribution in [1.29, 1.82) is 0 Å². The Balaban J connectivity index is 1.98. The van der Waals surface area contributed by atoms with Gasteiger partial charge in [0.15, 0.2) is 11.6 Å². The van der Waals surface area contributed by atoms with Gasteiger partial charge in [-0.3, -0.25) is 4.98 Å². The van der Waals surface area contributed by atoms with Crippen LogP contribution in [-0.4, -0.2) is 17.6 Å². The lowest BCUT2D eigenvalue weighted by molar-refractivity contribution is 0.300. The molecule has 2 rings (SSSR count). The van der Waals surface area contributed by atoms with E-state index in [-0.39, 0.29) is 5.82 Å². The number of ether oxygens (including phenoxy) is 1. The molecule has 0 atom stereocenters. The molecule has 0 fully saturated rings. The van der Waals surface area contributed by atoms with Gasteiger partial charge in [-0.25, -0.2) is 4.39 Å². The molecule has 3 nitrogen and oxygen atoms in total. The smallest absolute Gasteiger partial charge is 0.165 e. The predicted octanol–water partition coefficient (Wildman–Crippen LogP) is 3.34. The molecule has 1 aromatic heterocycles. The Morgan fingerprint density at radius 1 is 1.19 bits per heavy atom. The highest BCUT2D eigenvalue weighted by molar-refractivity contribution is 5.35. The van der Waals surface area contributed by atoms with Gasteiger partial charge in [0.2, 0.25) is 0 Å². The van der Waals surface area contributed by atoms with Crippen LogP contribution in [0.2, 0.25) is 0 Å². The molecule has 0 bridgehead atoms.